The van der Waals surface area contributed by atoms with Crippen molar-refractivity contribution < 1.29 is 9.15 Å². The van der Waals surface area contributed by atoms with Crippen LogP contribution >= 0.6 is 11.3 Å². The predicted molar refractivity (Wildman–Crippen MR) is 87.3 cm³/mol. The van der Waals surface area contributed by atoms with Gasteiger partial charge in [-0.15, -0.1) is 11.3 Å². The zero-order valence-corrected chi connectivity index (χ0v) is 13.3. The molecule has 1 N–H and O–H groups in total. The quantitative estimate of drug-likeness (QED) is 0.753. The molecule has 110 valence electrons. The van der Waals surface area contributed by atoms with Crippen molar-refractivity contribution in [2.45, 2.75) is 19.9 Å². The van der Waals surface area contributed by atoms with Gasteiger partial charge in [-0.1, -0.05) is 18.6 Å². The second kappa shape index (κ2) is 5.92. The number of nitrogens with one attached hydrogen (secondary N) is 1. The van der Waals surface area contributed by atoms with E-state index in [9.17, 15) is 0 Å². The van der Waals surface area contributed by atoms with Crippen LogP contribution in [0.2, 0.25) is 0 Å². The zero-order valence-electron chi connectivity index (χ0n) is 12.5. The summed E-state index contributed by atoms with van der Waals surface area (Å²) in [6.45, 7) is 5.07. The topological polar surface area (TPSA) is 34.4 Å². The highest BCUT2D eigenvalue weighted by molar-refractivity contribution is 7.10. The molecular weight excluding hydrogens is 282 g/mol. The molecule has 0 fully saturated rings. The minimum atomic E-state index is 0.0663. The molecule has 0 aliphatic heterocycles. The van der Waals surface area contributed by atoms with E-state index in [-0.39, 0.29) is 6.04 Å². The van der Waals surface area contributed by atoms with Crippen LogP contribution in [0.5, 0.6) is 5.75 Å². The van der Waals surface area contributed by atoms with Gasteiger partial charge in [0, 0.05) is 15.6 Å². The van der Waals surface area contributed by atoms with E-state index in [0.29, 0.717) is 0 Å². The Balaban J connectivity index is 2.01. The molecule has 3 aromatic rings. The Kier molecular flexibility index (Phi) is 3.99. The maximum Gasteiger partial charge on any atom is 0.134 e. The minimum Gasteiger partial charge on any atom is -0.496 e. The van der Waals surface area contributed by atoms with Crippen molar-refractivity contribution in [3.05, 3.63) is 51.9 Å². The molecule has 1 atom stereocenters. The first-order valence-corrected chi connectivity index (χ1v) is 7.95. The molecule has 2 aromatic heterocycles. The maximum atomic E-state index is 6.04. The first-order valence-electron chi connectivity index (χ1n) is 7.07. The van der Waals surface area contributed by atoms with Crippen LogP contribution in [0.1, 0.15) is 29.2 Å². The fourth-order valence-electron chi connectivity index (χ4n) is 2.46. The van der Waals surface area contributed by atoms with Crippen LogP contribution < -0.4 is 10.1 Å². The van der Waals surface area contributed by atoms with Gasteiger partial charge in [0.1, 0.15) is 23.1 Å². The van der Waals surface area contributed by atoms with Crippen LogP contribution in [-0.4, -0.2) is 13.7 Å². The van der Waals surface area contributed by atoms with Gasteiger partial charge in [0.05, 0.1) is 7.11 Å². The fourth-order valence-corrected chi connectivity index (χ4v) is 3.40. The largest absolute Gasteiger partial charge is 0.496 e. The maximum absolute atomic E-state index is 6.04. The Morgan fingerprint density at radius 2 is 2.14 bits per heavy atom. The van der Waals surface area contributed by atoms with E-state index in [4.69, 9.17) is 9.15 Å². The average Bonchev–Trinajstić information content (AvgIpc) is 3.10. The highest BCUT2D eigenvalue weighted by atomic mass is 32.1. The van der Waals surface area contributed by atoms with Crippen molar-refractivity contribution in [3.63, 3.8) is 0 Å². The Morgan fingerprint density at radius 3 is 2.86 bits per heavy atom. The Morgan fingerprint density at radius 1 is 1.29 bits per heavy atom. The summed E-state index contributed by atoms with van der Waals surface area (Å²) in [5, 5.41) is 6.66. The lowest BCUT2D eigenvalue weighted by Crippen LogP contribution is -2.20. The predicted octanol–water partition coefficient (Wildman–Crippen LogP) is 4.51. The molecule has 0 aliphatic carbocycles. The average molecular weight is 301 g/mol. The van der Waals surface area contributed by atoms with Crippen molar-refractivity contribution in [2.75, 3.05) is 13.7 Å². The lowest BCUT2D eigenvalue weighted by Gasteiger charge is -2.13. The van der Waals surface area contributed by atoms with Crippen molar-refractivity contribution in [1.82, 2.24) is 5.32 Å². The number of methoxy groups -OCH3 is 1. The third kappa shape index (κ3) is 2.82. The molecule has 0 aliphatic rings. The molecule has 2 heterocycles. The van der Waals surface area contributed by atoms with E-state index in [1.165, 1.54) is 10.4 Å². The van der Waals surface area contributed by atoms with E-state index in [1.807, 2.05) is 11.4 Å². The molecule has 0 spiro atoms. The van der Waals surface area contributed by atoms with Crippen LogP contribution in [0, 0.1) is 6.92 Å². The number of ether oxygens (including phenoxy) is 1. The van der Waals surface area contributed by atoms with E-state index >= 15 is 0 Å². The van der Waals surface area contributed by atoms with Gasteiger partial charge in [-0.05, 0) is 37.7 Å². The number of hydrogen-bond acceptors (Lipinski definition) is 4. The van der Waals surface area contributed by atoms with Gasteiger partial charge < -0.3 is 14.5 Å². The molecule has 0 amide bonds. The fraction of sp³-hybridized carbons (Fsp3) is 0.294. The summed E-state index contributed by atoms with van der Waals surface area (Å²) < 4.78 is 11.3. The lowest BCUT2D eigenvalue weighted by molar-refractivity contribution is 0.415. The molecule has 0 saturated heterocycles. The van der Waals surface area contributed by atoms with Gasteiger partial charge in [0.15, 0.2) is 0 Å². The lowest BCUT2D eigenvalue weighted by atomic mass is 10.1. The summed E-state index contributed by atoms with van der Waals surface area (Å²) in [5.74, 6) is 1.84. The van der Waals surface area contributed by atoms with E-state index in [1.54, 1.807) is 18.4 Å². The summed E-state index contributed by atoms with van der Waals surface area (Å²) in [7, 11) is 1.69. The molecule has 4 heteroatoms. The van der Waals surface area contributed by atoms with Gasteiger partial charge in [0.25, 0.3) is 0 Å². The molecule has 1 aromatic carbocycles. The second-order valence-corrected chi connectivity index (χ2v) is 6.01. The summed E-state index contributed by atoms with van der Waals surface area (Å²) >= 11 is 1.68. The molecule has 3 nitrogen and oxygen atoms in total. The van der Waals surface area contributed by atoms with Gasteiger partial charge in [0.2, 0.25) is 0 Å². The van der Waals surface area contributed by atoms with Crippen LogP contribution in [0.3, 0.4) is 0 Å². The Bertz CT molecular complexity index is 744. The third-order valence-corrected chi connectivity index (χ3v) is 4.48. The molecule has 1 unspecified atom stereocenters. The molecule has 21 heavy (non-hydrogen) atoms. The number of fused-ring (bicyclic) bond motifs is 1. The zero-order chi connectivity index (χ0) is 14.8. The van der Waals surface area contributed by atoms with Gasteiger partial charge >= 0.3 is 0 Å². The normalized spacial score (nSPS) is 12.7. The summed E-state index contributed by atoms with van der Waals surface area (Å²) in [6, 6.07) is 10.5. The summed E-state index contributed by atoms with van der Waals surface area (Å²) in [5.41, 5.74) is 2.18. The second-order valence-electron chi connectivity index (χ2n) is 5.07. The molecule has 3 rings (SSSR count). The van der Waals surface area contributed by atoms with Crippen LogP contribution in [0.15, 0.2) is 40.1 Å². The standard InChI is InChI=1S/C17H19NO2S/c1-4-18-17(16-9-13(19-3)10-21-16)15-8-12-7-11(2)5-6-14(12)20-15/h5-10,17-18H,4H2,1-3H3. The van der Waals surface area contributed by atoms with Crippen molar-refractivity contribution in [1.29, 1.82) is 0 Å². The van der Waals surface area contributed by atoms with Crippen molar-refractivity contribution in [3.8, 4) is 5.75 Å². The number of furan rings is 1. The Labute approximate surface area is 128 Å². The van der Waals surface area contributed by atoms with Crippen LogP contribution in [0.4, 0.5) is 0 Å². The van der Waals surface area contributed by atoms with Gasteiger partial charge in [-0.3, -0.25) is 0 Å². The number of rotatable bonds is 5. The summed E-state index contributed by atoms with van der Waals surface area (Å²) in [4.78, 5) is 1.20. The Hall–Kier alpha value is -1.78. The molecule has 0 bridgehead atoms. The minimum absolute atomic E-state index is 0.0663. The van der Waals surface area contributed by atoms with Gasteiger partial charge in [-0.25, -0.2) is 0 Å². The van der Waals surface area contributed by atoms with Crippen molar-refractivity contribution >= 4 is 22.3 Å². The van der Waals surface area contributed by atoms with E-state index in [2.05, 4.69) is 43.4 Å². The number of hydrogen-bond donors (Lipinski definition) is 1. The smallest absolute Gasteiger partial charge is 0.134 e. The van der Waals surface area contributed by atoms with Crippen LogP contribution in [0.25, 0.3) is 11.0 Å². The SMILES string of the molecule is CCNC(c1cc2cc(C)ccc2o1)c1cc(OC)cs1. The number of benzene rings is 1. The molecule has 0 radical (unpaired) electrons. The summed E-state index contributed by atoms with van der Waals surface area (Å²) in [6.07, 6.45) is 0. The highest BCUT2D eigenvalue weighted by Crippen LogP contribution is 2.34. The molecule has 0 saturated carbocycles. The number of aryl methyl sites for hydroxylation is 1. The monoisotopic (exact) mass is 301 g/mol. The van der Waals surface area contributed by atoms with E-state index in [0.717, 1.165) is 29.0 Å². The van der Waals surface area contributed by atoms with E-state index < -0.39 is 0 Å². The third-order valence-electron chi connectivity index (χ3n) is 3.50. The van der Waals surface area contributed by atoms with Crippen molar-refractivity contribution in [2.24, 2.45) is 0 Å². The van der Waals surface area contributed by atoms with Gasteiger partial charge in [-0.2, -0.15) is 0 Å². The molecular formula is C17H19NO2S. The number of thiophene rings is 1. The first-order chi connectivity index (χ1) is 10.2. The highest BCUT2D eigenvalue weighted by Gasteiger charge is 2.19. The van der Waals surface area contributed by atoms with Crippen LogP contribution in [-0.2, 0) is 0 Å². The first kappa shape index (κ1) is 14.2.